The summed E-state index contributed by atoms with van der Waals surface area (Å²) >= 11 is 0. The predicted octanol–water partition coefficient (Wildman–Crippen LogP) is 1.94. The van der Waals surface area contributed by atoms with E-state index in [1.165, 1.54) is 0 Å². The summed E-state index contributed by atoms with van der Waals surface area (Å²) in [5, 5.41) is 9.64. The summed E-state index contributed by atoms with van der Waals surface area (Å²) in [6, 6.07) is 5.68. The maximum Gasteiger partial charge on any atom is 0.225 e. The molecule has 0 aromatic carbocycles. The number of anilines is 1. The van der Waals surface area contributed by atoms with Gasteiger partial charge in [0.05, 0.1) is 0 Å². The smallest absolute Gasteiger partial charge is 0.225 e. The van der Waals surface area contributed by atoms with Gasteiger partial charge < -0.3 is 5.32 Å². The average Bonchev–Trinajstić information content (AvgIpc) is 2.85. The van der Waals surface area contributed by atoms with Crippen LogP contribution in [0.4, 0.5) is 5.82 Å². The number of H-pyrrole nitrogens is 1. The number of pyridine rings is 1. The molecule has 5 nitrogen and oxygen atoms in total. The highest BCUT2D eigenvalue weighted by Gasteiger charge is 2.05. The molecule has 0 saturated heterocycles. The molecule has 5 heteroatoms. The number of nitrogens with one attached hydrogen (secondary N) is 2. The van der Waals surface area contributed by atoms with E-state index in [9.17, 15) is 4.79 Å². The van der Waals surface area contributed by atoms with Gasteiger partial charge in [-0.15, -0.1) is 0 Å². The molecule has 2 heterocycles. The van der Waals surface area contributed by atoms with Crippen molar-refractivity contribution in [2.24, 2.45) is 0 Å². The highest BCUT2D eigenvalue weighted by atomic mass is 16.1. The number of aromatic nitrogens is 3. The Morgan fingerprint density at radius 3 is 3.06 bits per heavy atom. The Hall–Kier alpha value is -2.17. The molecule has 0 bridgehead atoms. The average molecular weight is 244 g/mol. The Morgan fingerprint density at radius 2 is 2.39 bits per heavy atom. The van der Waals surface area contributed by atoms with E-state index in [2.05, 4.69) is 20.5 Å². The van der Waals surface area contributed by atoms with E-state index in [1.807, 2.05) is 25.1 Å². The summed E-state index contributed by atoms with van der Waals surface area (Å²) in [7, 11) is 0. The van der Waals surface area contributed by atoms with Crippen LogP contribution < -0.4 is 5.32 Å². The monoisotopic (exact) mass is 244 g/mol. The topological polar surface area (TPSA) is 70.7 Å². The molecule has 0 aliphatic rings. The maximum atomic E-state index is 11.7. The van der Waals surface area contributed by atoms with Crippen LogP contribution in [0.5, 0.6) is 0 Å². The normalized spacial score (nSPS) is 10.3. The van der Waals surface area contributed by atoms with Gasteiger partial charge in [0.25, 0.3) is 0 Å². The number of carbonyl (C=O) groups is 1. The van der Waals surface area contributed by atoms with Crippen molar-refractivity contribution < 1.29 is 4.79 Å². The first-order valence-electron chi connectivity index (χ1n) is 6.01. The summed E-state index contributed by atoms with van der Waals surface area (Å²) in [5.74, 6) is 0.552. The number of hydrogen-bond donors (Lipinski definition) is 2. The van der Waals surface area contributed by atoms with E-state index in [-0.39, 0.29) is 5.91 Å². The van der Waals surface area contributed by atoms with Gasteiger partial charge in [-0.3, -0.25) is 14.9 Å². The lowest BCUT2D eigenvalue weighted by molar-refractivity contribution is -0.116. The number of rotatable bonds is 5. The Bertz CT molecular complexity index is 507. The first-order chi connectivity index (χ1) is 8.78. The van der Waals surface area contributed by atoms with Gasteiger partial charge in [0, 0.05) is 30.6 Å². The minimum Gasteiger partial charge on any atom is -0.309 e. The SMILES string of the molecule is CCc1cc(NC(=O)CCc2cccnc2)n[nH]1. The van der Waals surface area contributed by atoms with Crippen molar-refractivity contribution in [2.75, 3.05) is 5.32 Å². The molecule has 0 radical (unpaired) electrons. The molecule has 2 rings (SSSR count). The van der Waals surface area contributed by atoms with Gasteiger partial charge >= 0.3 is 0 Å². The van der Waals surface area contributed by atoms with E-state index in [1.54, 1.807) is 12.4 Å². The van der Waals surface area contributed by atoms with Crippen LogP contribution in [0.2, 0.25) is 0 Å². The van der Waals surface area contributed by atoms with Crippen molar-refractivity contribution in [3.8, 4) is 0 Å². The van der Waals surface area contributed by atoms with E-state index in [0.717, 1.165) is 17.7 Å². The van der Waals surface area contributed by atoms with Gasteiger partial charge in [-0.2, -0.15) is 5.10 Å². The minimum absolute atomic E-state index is 0.0343. The van der Waals surface area contributed by atoms with Gasteiger partial charge in [0.15, 0.2) is 5.82 Å². The quantitative estimate of drug-likeness (QED) is 0.844. The molecule has 18 heavy (non-hydrogen) atoms. The first kappa shape index (κ1) is 12.3. The Labute approximate surface area is 106 Å². The predicted molar refractivity (Wildman–Crippen MR) is 69.2 cm³/mol. The lowest BCUT2D eigenvalue weighted by Crippen LogP contribution is -2.12. The van der Waals surface area contributed by atoms with E-state index in [4.69, 9.17) is 0 Å². The minimum atomic E-state index is -0.0343. The van der Waals surface area contributed by atoms with Crippen LogP contribution in [-0.2, 0) is 17.6 Å². The van der Waals surface area contributed by atoms with Gasteiger partial charge in [-0.1, -0.05) is 13.0 Å². The molecule has 2 aromatic rings. The third-order valence-corrected chi connectivity index (χ3v) is 2.64. The van der Waals surface area contributed by atoms with Gasteiger partial charge in [-0.05, 0) is 24.5 Å². The van der Waals surface area contributed by atoms with Crippen molar-refractivity contribution in [1.29, 1.82) is 0 Å². The van der Waals surface area contributed by atoms with Gasteiger partial charge in [0.1, 0.15) is 0 Å². The van der Waals surface area contributed by atoms with Crippen molar-refractivity contribution in [2.45, 2.75) is 26.2 Å². The van der Waals surface area contributed by atoms with E-state index < -0.39 is 0 Å². The van der Waals surface area contributed by atoms with Crippen LogP contribution >= 0.6 is 0 Å². The zero-order valence-corrected chi connectivity index (χ0v) is 10.3. The number of nitrogens with zero attached hydrogens (tertiary/aromatic N) is 2. The van der Waals surface area contributed by atoms with Crippen LogP contribution in [0.3, 0.4) is 0 Å². The molecule has 0 unspecified atom stereocenters. The molecule has 0 atom stereocenters. The number of carbonyl (C=O) groups excluding carboxylic acids is 1. The number of amides is 1. The van der Waals surface area contributed by atoms with Crippen LogP contribution in [0.25, 0.3) is 0 Å². The van der Waals surface area contributed by atoms with Crippen molar-refractivity contribution in [3.63, 3.8) is 0 Å². The molecule has 0 aliphatic carbocycles. The Balaban J connectivity index is 1.82. The van der Waals surface area contributed by atoms with Crippen molar-refractivity contribution in [3.05, 3.63) is 41.9 Å². The molecule has 2 aromatic heterocycles. The highest BCUT2D eigenvalue weighted by molar-refractivity contribution is 5.89. The van der Waals surface area contributed by atoms with Crippen molar-refractivity contribution >= 4 is 11.7 Å². The van der Waals surface area contributed by atoms with E-state index >= 15 is 0 Å². The zero-order chi connectivity index (χ0) is 12.8. The fraction of sp³-hybridized carbons (Fsp3) is 0.308. The standard InChI is InChI=1S/C13H16N4O/c1-2-11-8-12(17-16-11)15-13(18)6-5-10-4-3-7-14-9-10/h3-4,7-9H,2,5-6H2,1H3,(H2,15,16,17,18). The molecule has 0 fully saturated rings. The summed E-state index contributed by atoms with van der Waals surface area (Å²) in [6.07, 6.45) is 5.49. The molecular weight excluding hydrogens is 228 g/mol. The van der Waals surface area contributed by atoms with Crippen LogP contribution in [0, 0.1) is 0 Å². The zero-order valence-electron chi connectivity index (χ0n) is 10.3. The Kier molecular flexibility index (Phi) is 4.06. The summed E-state index contributed by atoms with van der Waals surface area (Å²) in [4.78, 5) is 15.7. The third kappa shape index (κ3) is 3.41. The first-order valence-corrected chi connectivity index (χ1v) is 6.01. The molecule has 94 valence electrons. The maximum absolute atomic E-state index is 11.7. The Morgan fingerprint density at radius 1 is 1.50 bits per heavy atom. The fourth-order valence-electron chi connectivity index (χ4n) is 1.62. The second-order valence-electron chi connectivity index (χ2n) is 4.04. The molecule has 2 N–H and O–H groups in total. The van der Waals surface area contributed by atoms with Crippen LogP contribution in [-0.4, -0.2) is 21.1 Å². The fourth-order valence-corrected chi connectivity index (χ4v) is 1.62. The number of hydrogen-bond acceptors (Lipinski definition) is 3. The number of aryl methyl sites for hydroxylation is 2. The molecular formula is C13H16N4O. The second-order valence-corrected chi connectivity index (χ2v) is 4.04. The third-order valence-electron chi connectivity index (χ3n) is 2.64. The van der Waals surface area contributed by atoms with Crippen molar-refractivity contribution in [1.82, 2.24) is 15.2 Å². The second kappa shape index (κ2) is 5.95. The van der Waals surface area contributed by atoms with Crippen LogP contribution in [0.1, 0.15) is 24.6 Å². The lowest BCUT2D eigenvalue weighted by atomic mass is 10.1. The largest absolute Gasteiger partial charge is 0.309 e. The molecule has 1 amide bonds. The lowest BCUT2D eigenvalue weighted by Gasteiger charge is -2.01. The molecule has 0 saturated carbocycles. The number of aromatic amines is 1. The van der Waals surface area contributed by atoms with Gasteiger partial charge in [-0.25, -0.2) is 0 Å². The molecule has 0 spiro atoms. The van der Waals surface area contributed by atoms with Gasteiger partial charge in [0.2, 0.25) is 5.91 Å². The van der Waals surface area contributed by atoms with E-state index in [0.29, 0.717) is 18.7 Å². The molecule has 0 aliphatic heterocycles. The summed E-state index contributed by atoms with van der Waals surface area (Å²) in [5.41, 5.74) is 2.07. The summed E-state index contributed by atoms with van der Waals surface area (Å²) in [6.45, 7) is 2.03. The highest BCUT2D eigenvalue weighted by Crippen LogP contribution is 2.07. The van der Waals surface area contributed by atoms with Crippen LogP contribution in [0.15, 0.2) is 30.6 Å². The summed E-state index contributed by atoms with van der Waals surface area (Å²) < 4.78 is 0.